The number of rotatable bonds is 7. The highest BCUT2D eigenvalue weighted by molar-refractivity contribution is 9.10. The molecule has 1 aromatic carbocycles. The molecule has 0 fully saturated rings. The Balaban J connectivity index is 1.63. The molecule has 0 radical (unpaired) electrons. The summed E-state index contributed by atoms with van der Waals surface area (Å²) >= 11 is 3.45. The number of aromatic nitrogens is 4. The van der Waals surface area contributed by atoms with Gasteiger partial charge in [-0.25, -0.2) is 14.6 Å². The van der Waals surface area contributed by atoms with Gasteiger partial charge in [0.05, 0.1) is 12.1 Å². The highest BCUT2D eigenvalue weighted by Crippen LogP contribution is 2.18. The SMILES string of the molecule is Cc1cc(C)nc(-n2nc(C)c(CC(=O)NC(C)CCc3ccc(Br)cc3)c2C)n1. The Bertz CT molecular complexity index is 1020. The second-order valence-corrected chi connectivity index (χ2v) is 8.74. The molecule has 30 heavy (non-hydrogen) atoms. The van der Waals surface area contributed by atoms with Gasteiger partial charge in [0, 0.05) is 33.2 Å². The van der Waals surface area contributed by atoms with Crippen molar-refractivity contribution in [2.24, 2.45) is 0 Å². The molecule has 3 rings (SSSR count). The summed E-state index contributed by atoms with van der Waals surface area (Å²) in [6.45, 7) is 9.80. The first-order valence-corrected chi connectivity index (χ1v) is 10.9. The Morgan fingerprint density at radius 1 is 1.10 bits per heavy atom. The van der Waals surface area contributed by atoms with Crippen molar-refractivity contribution < 1.29 is 4.79 Å². The van der Waals surface area contributed by atoms with Crippen LogP contribution in [0, 0.1) is 27.7 Å². The Morgan fingerprint density at radius 3 is 2.37 bits per heavy atom. The van der Waals surface area contributed by atoms with Gasteiger partial charge < -0.3 is 5.32 Å². The second-order valence-electron chi connectivity index (χ2n) is 7.82. The average Bonchev–Trinajstić information content (AvgIpc) is 2.95. The third-order valence-electron chi connectivity index (χ3n) is 5.13. The number of halogens is 1. The summed E-state index contributed by atoms with van der Waals surface area (Å²) in [5, 5.41) is 7.70. The van der Waals surface area contributed by atoms with Crippen LogP contribution in [0.5, 0.6) is 0 Å². The van der Waals surface area contributed by atoms with E-state index >= 15 is 0 Å². The summed E-state index contributed by atoms with van der Waals surface area (Å²) in [5.74, 6) is 0.549. The molecule has 3 aromatic rings. The largest absolute Gasteiger partial charge is 0.353 e. The number of carbonyl (C=O) groups excluding carboxylic acids is 1. The zero-order valence-corrected chi connectivity index (χ0v) is 19.7. The topological polar surface area (TPSA) is 72.7 Å². The summed E-state index contributed by atoms with van der Waals surface area (Å²) in [7, 11) is 0. The predicted octanol–water partition coefficient (Wildman–Crippen LogP) is 4.34. The minimum Gasteiger partial charge on any atom is -0.353 e. The third kappa shape index (κ3) is 5.53. The van der Waals surface area contributed by atoms with E-state index in [4.69, 9.17) is 0 Å². The van der Waals surface area contributed by atoms with Crippen LogP contribution in [-0.2, 0) is 17.6 Å². The van der Waals surface area contributed by atoms with Crippen molar-refractivity contribution in [2.45, 2.75) is 59.9 Å². The van der Waals surface area contributed by atoms with Gasteiger partial charge in [0.1, 0.15) is 0 Å². The van der Waals surface area contributed by atoms with E-state index in [1.807, 2.05) is 52.8 Å². The van der Waals surface area contributed by atoms with E-state index in [2.05, 4.69) is 48.4 Å². The minimum atomic E-state index is 0.00500. The van der Waals surface area contributed by atoms with Gasteiger partial charge in [-0.3, -0.25) is 4.79 Å². The molecule has 0 aliphatic heterocycles. The molecule has 2 heterocycles. The number of nitrogens with zero attached hydrogens (tertiary/aromatic N) is 4. The number of benzene rings is 1. The lowest BCUT2D eigenvalue weighted by Crippen LogP contribution is -2.34. The summed E-state index contributed by atoms with van der Waals surface area (Å²) < 4.78 is 2.81. The van der Waals surface area contributed by atoms with Crippen LogP contribution >= 0.6 is 15.9 Å². The van der Waals surface area contributed by atoms with Gasteiger partial charge in [0.15, 0.2) is 0 Å². The molecule has 1 unspecified atom stereocenters. The zero-order valence-electron chi connectivity index (χ0n) is 18.2. The number of hydrogen-bond acceptors (Lipinski definition) is 4. The average molecular weight is 470 g/mol. The van der Waals surface area contributed by atoms with Gasteiger partial charge >= 0.3 is 0 Å². The number of carbonyl (C=O) groups is 1. The van der Waals surface area contributed by atoms with Crippen LogP contribution in [0.15, 0.2) is 34.8 Å². The van der Waals surface area contributed by atoms with E-state index < -0.39 is 0 Å². The first-order chi connectivity index (χ1) is 14.2. The van der Waals surface area contributed by atoms with Gasteiger partial charge in [-0.1, -0.05) is 28.1 Å². The maximum atomic E-state index is 12.7. The van der Waals surface area contributed by atoms with Crippen molar-refractivity contribution in [1.82, 2.24) is 25.1 Å². The van der Waals surface area contributed by atoms with Crippen LogP contribution in [0.25, 0.3) is 5.95 Å². The lowest BCUT2D eigenvalue weighted by molar-refractivity contribution is -0.121. The Morgan fingerprint density at radius 2 is 1.73 bits per heavy atom. The van der Waals surface area contributed by atoms with Crippen molar-refractivity contribution in [3.8, 4) is 5.95 Å². The molecule has 6 nitrogen and oxygen atoms in total. The van der Waals surface area contributed by atoms with Crippen molar-refractivity contribution in [1.29, 1.82) is 0 Å². The molecule has 0 bridgehead atoms. The van der Waals surface area contributed by atoms with Gasteiger partial charge in [0.2, 0.25) is 5.91 Å². The molecule has 0 spiro atoms. The molecule has 0 saturated carbocycles. The molecule has 158 valence electrons. The first-order valence-electron chi connectivity index (χ1n) is 10.1. The zero-order chi connectivity index (χ0) is 21.8. The third-order valence-corrected chi connectivity index (χ3v) is 5.65. The fourth-order valence-electron chi connectivity index (χ4n) is 3.52. The Labute approximate surface area is 186 Å². The monoisotopic (exact) mass is 469 g/mol. The van der Waals surface area contributed by atoms with Crippen LogP contribution in [0.1, 0.15) is 47.2 Å². The summed E-state index contributed by atoms with van der Waals surface area (Å²) in [5.41, 5.74) is 5.70. The van der Waals surface area contributed by atoms with Crippen LogP contribution < -0.4 is 5.32 Å². The molecule has 2 aromatic heterocycles. The van der Waals surface area contributed by atoms with Crippen LogP contribution in [0.4, 0.5) is 0 Å². The summed E-state index contributed by atoms with van der Waals surface area (Å²) in [4.78, 5) is 21.6. The Kier molecular flexibility index (Phi) is 7.02. The molecule has 0 aliphatic carbocycles. The minimum absolute atomic E-state index is 0.00500. The Hall–Kier alpha value is -2.54. The fourth-order valence-corrected chi connectivity index (χ4v) is 3.78. The van der Waals surface area contributed by atoms with E-state index in [1.54, 1.807) is 4.68 Å². The number of amides is 1. The fraction of sp³-hybridized carbons (Fsp3) is 0.391. The van der Waals surface area contributed by atoms with E-state index in [0.717, 1.165) is 45.7 Å². The molecular formula is C23H28BrN5O. The van der Waals surface area contributed by atoms with E-state index in [9.17, 15) is 4.79 Å². The number of aryl methyl sites for hydroxylation is 4. The lowest BCUT2D eigenvalue weighted by Gasteiger charge is -2.14. The smallest absolute Gasteiger partial charge is 0.251 e. The van der Waals surface area contributed by atoms with Crippen molar-refractivity contribution in [2.75, 3.05) is 0 Å². The second kappa shape index (κ2) is 9.51. The highest BCUT2D eigenvalue weighted by atomic mass is 79.9. The van der Waals surface area contributed by atoms with Gasteiger partial charge in [-0.15, -0.1) is 0 Å². The molecule has 0 aliphatic rings. The molecule has 7 heteroatoms. The van der Waals surface area contributed by atoms with Gasteiger partial charge in [0.25, 0.3) is 5.95 Å². The summed E-state index contributed by atoms with van der Waals surface area (Å²) in [6.07, 6.45) is 2.11. The molecular weight excluding hydrogens is 442 g/mol. The quantitative estimate of drug-likeness (QED) is 0.558. The maximum absolute atomic E-state index is 12.7. The van der Waals surface area contributed by atoms with E-state index in [1.165, 1.54) is 5.56 Å². The van der Waals surface area contributed by atoms with Crippen LogP contribution in [-0.4, -0.2) is 31.7 Å². The van der Waals surface area contributed by atoms with Crippen LogP contribution in [0.2, 0.25) is 0 Å². The lowest BCUT2D eigenvalue weighted by atomic mass is 10.1. The molecule has 1 atom stereocenters. The van der Waals surface area contributed by atoms with Crippen LogP contribution in [0.3, 0.4) is 0 Å². The first kappa shape index (κ1) is 22.2. The normalized spacial score (nSPS) is 12.1. The molecule has 0 saturated heterocycles. The van der Waals surface area contributed by atoms with Crippen molar-refractivity contribution in [3.63, 3.8) is 0 Å². The molecule has 1 N–H and O–H groups in total. The van der Waals surface area contributed by atoms with E-state index in [-0.39, 0.29) is 11.9 Å². The van der Waals surface area contributed by atoms with Crippen molar-refractivity contribution >= 4 is 21.8 Å². The summed E-state index contributed by atoms with van der Waals surface area (Å²) in [6, 6.07) is 10.3. The highest BCUT2D eigenvalue weighted by Gasteiger charge is 2.18. The number of hydrogen-bond donors (Lipinski definition) is 1. The number of nitrogens with one attached hydrogen (secondary N) is 1. The molecule has 1 amide bonds. The van der Waals surface area contributed by atoms with Gasteiger partial charge in [-0.2, -0.15) is 5.10 Å². The van der Waals surface area contributed by atoms with Gasteiger partial charge in [-0.05, 0) is 71.2 Å². The standard InChI is InChI=1S/C23H28BrN5O/c1-14(6-7-19-8-10-20(24)11-9-19)25-22(30)13-21-17(4)28-29(18(21)5)23-26-15(2)12-16(3)27-23/h8-12,14H,6-7,13H2,1-5H3,(H,25,30). The predicted molar refractivity (Wildman–Crippen MR) is 122 cm³/mol. The van der Waals surface area contributed by atoms with E-state index in [0.29, 0.717) is 12.4 Å². The van der Waals surface area contributed by atoms with Crippen molar-refractivity contribution in [3.05, 3.63) is 68.7 Å². The maximum Gasteiger partial charge on any atom is 0.251 e.